The molecule has 0 amide bonds. The van der Waals surface area contributed by atoms with Crippen LogP contribution in [0.1, 0.15) is 49.3 Å². The number of hydrogen-bond acceptors (Lipinski definition) is 1. The molecule has 2 aliphatic rings. The first-order valence-electron chi connectivity index (χ1n) is 7.06. The summed E-state index contributed by atoms with van der Waals surface area (Å²) in [5.41, 5.74) is 5.45. The molecule has 3 rings (SSSR count). The minimum absolute atomic E-state index is 0. The van der Waals surface area contributed by atoms with Crippen LogP contribution in [0.3, 0.4) is 0 Å². The molecule has 1 aliphatic heterocycles. The molecule has 100 valence electrons. The Hall–Kier alpha value is -0.530. The fourth-order valence-corrected chi connectivity index (χ4v) is 3.82. The van der Waals surface area contributed by atoms with Crippen molar-refractivity contribution in [1.82, 2.24) is 5.32 Å². The second-order valence-electron chi connectivity index (χ2n) is 6.07. The van der Waals surface area contributed by atoms with Gasteiger partial charge in [-0.25, -0.2) is 0 Å². The summed E-state index contributed by atoms with van der Waals surface area (Å²) < 4.78 is 0. The van der Waals surface area contributed by atoms with Crippen LogP contribution >= 0.6 is 12.4 Å². The van der Waals surface area contributed by atoms with Crippen molar-refractivity contribution < 1.29 is 0 Å². The fraction of sp³-hybridized carbons (Fsp3) is 0.625. The summed E-state index contributed by atoms with van der Waals surface area (Å²) in [6.07, 6.45) is 5.16. The third kappa shape index (κ3) is 2.08. The summed E-state index contributed by atoms with van der Waals surface area (Å²) in [5.74, 6) is 0.753. The van der Waals surface area contributed by atoms with E-state index in [1.807, 2.05) is 0 Å². The lowest BCUT2D eigenvalue weighted by Crippen LogP contribution is -2.30. The zero-order valence-electron chi connectivity index (χ0n) is 11.5. The van der Waals surface area contributed by atoms with Gasteiger partial charge in [-0.2, -0.15) is 0 Å². The Kier molecular flexibility index (Phi) is 4.03. The summed E-state index contributed by atoms with van der Waals surface area (Å²) in [6.45, 7) is 7.13. The van der Waals surface area contributed by atoms with Gasteiger partial charge in [-0.1, -0.05) is 38.5 Å². The number of rotatable bonds is 2. The van der Waals surface area contributed by atoms with E-state index >= 15 is 0 Å². The van der Waals surface area contributed by atoms with E-state index in [-0.39, 0.29) is 12.4 Å². The Morgan fingerprint density at radius 2 is 2.22 bits per heavy atom. The van der Waals surface area contributed by atoms with E-state index < -0.39 is 0 Å². The SMILES string of the molecule is CCCc1cccc2c1CC[C@@]1(C)CNC[C@H]21.Cl. The van der Waals surface area contributed by atoms with Crippen molar-refractivity contribution in [1.29, 1.82) is 0 Å². The maximum atomic E-state index is 3.60. The Bertz CT molecular complexity index is 429. The molecule has 1 heterocycles. The van der Waals surface area contributed by atoms with Gasteiger partial charge in [0.2, 0.25) is 0 Å². The summed E-state index contributed by atoms with van der Waals surface area (Å²) in [4.78, 5) is 0. The predicted molar refractivity (Wildman–Crippen MR) is 79.7 cm³/mol. The lowest BCUT2D eigenvalue weighted by Gasteiger charge is -2.37. The van der Waals surface area contributed by atoms with Gasteiger partial charge in [0.1, 0.15) is 0 Å². The van der Waals surface area contributed by atoms with E-state index in [1.54, 1.807) is 16.7 Å². The first-order chi connectivity index (χ1) is 8.24. The highest BCUT2D eigenvalue weighted by Crippen LogP contribution is 2.48. The van der Waals surface area contributed by atoms with Crippen LogP contribution in [-0.2, 0) is 12.8 Å². The standard InChI is InChI=1S/C16H23N.ClH/c1-3-5-12-6-4-7-14-13(12)8-9-16(2)11-17-10-15(14)16;/h4,6-7,15,17H,3,5,8-11H2,1-2H3;1H/t15-,16+;/m1./s1. The Morgan fingerprint density at radius 1 is 1.39 bits per heavy atom. The van der Waals surface area contributed by atoms with Gasteiger partial charge in [-0.05, 0) is 41.4 Å². The third-order valence-corrected chi connectivity index (χ3v) is 4.87. The van der Waals surface area contributed by atoms with Crippen LogP contribution in [0.2, 0.25) is 0 Å². The highest BCUT2D eigenvalue weighted by Gasteiger charge is 2.43. The number of aryl methyl sites for hydroxylation is 1. The van der Waals surface area contributed by atoms with Gasteiger partial charge in [0.05, 0.1) is 0 Å². The Morgan fingerprint density at radius 3 is 3.00 bits per heavy atom. The molecule has 1 fully saturated rings. The molecule has 1 aromatic rings. The van der Waals surface area contributed by atoms with E-state index in [0.717, 1.165) is 5.92 Å². The first-order valence-corrected chi connectivity index (χ1v) is 7.06. The van der Waals surface area contributed by atoms with Crippen molar-refractivity contribution in [3.8, 4) is 0 Å². The van der Waals surface area contributed by atoms with Crippen LogP contribution in [0.5, 0.6) is 0 Å². The predicted octanol–water partition coefficient (Wildman–Crippen LogP) is 3.70. The molecule has 0 unspecified atom stereocenters. The molecule has 0 bridgehead atoms. The summed E-state index contributed by atoms with van der Waals surface area (Å²) >= 11 is 0. The average molecular weight is 266 g/mol. The van der Waals surface area contributed by atoms with Crippen LogP contribution < -0.4 is 5.32 Å². The van der Waals surface area contributed by atoms with Gasteiger partial charge in [0, 0.05) is 19.0 Å². The largest absolute Gasteiger partial charge is 0.316 e. The molecular weight excluding hydrogens is 242 g/mol. The van der Waals surface area contributed by atoms with Gasteiger partial charge in [-0.3, -0.25) is 0 Å². The number of hydrogen-bond donors (Lipinski definition) is 1. The zero-order chi connectivity index (χ0) is 11.9. The fourth-order valence-electron chi connectivity index (χ4n) is 3.82. The zero-order valence-corrected chi connectivity index (χ0v) is 12.3. The minimum atomic E-state index is 0. The molecule has 1 saturated heterocycles. The average Bonchev–Trinajstić information content (AvgIpc) is 2.72. The Labute approximate surface area is 117 Å². The lowest BCUT2D eigenvalue weighted by molar-refractivity contribution is 0.277. The molecule has 1 aromatic carbocycles. The van der Waals surface area contributed by atoms with Gasteiger partial charge in [0.15, 0.2) is 0 Å². The quantitative estimate of drug-likeness (QED) is 0.860. The summed E-state index contributed by atoms with van der Waals surface area (Å²) in [5, 5.41) is 3.60. The molecule has 1 aliphatic carbocycles. The van der Waals surface area contributed by atoms with E-state index in [1.165, 1.54) is 38.8 Å². The van der Waals surface area contributed by atoms with Crippen LogP contribution in [0.25, 0.3) is 0 Å². The van der Waals surface area contributed by atoms with Gasteiger partial charge in [-0.15, -0.1) is 12.4 Å². The molecule has 0 radical (unpaired) electrons. The number of halogens is 1. The van der Waals surface area contributed by atoms with Crippen LogP contribution in [0, 0.1) is 5.41 Å². The molecule has 2 atom stereocenters. The minimum Gasteiger partial charge on any atom is -0.316 e. The van der Waals surface area contributed by atoms with Crippen molar-refractivity contribution in [3.05, 3.63) is 34.9 Å². The first kappa shape index (κ1) is 13.9. The molecule has 1 N–H and O–H groups in total. The van der Waals surface area contributed by atoms with E-state index in [9.17, 15) is 0 Å². The number of benzene rings is 1. The van der Waals surface area contributed by atoms with E-state index in [2.05, 4.69) is 37.4 Å². The lowest BCUT2D eigenvalue weighted by atomic mass is 9.66. The van der Waals surface area contributed by atoms with Gasteiger partial charge < -0.3 is 5.32 Å². The monoisotopic (exact) mass is 265 g/mol. The molecule has 18 heavy (non-hydrogen) atoms. The molecule has 0 spiro atoms. The molecule has 2 heteroatoms. The maximum Gasteiger partial charge on any atom is 0.00323 e. The van der Waals surface area contributed by atoms with Crippen molar-refractivity contribution in [2.45, 2.75) is 45.4 Å². The summed E-state index contributed by atoms with van der Waals surface area (Å²) in [7, 11) is 0. The second-order valence-corrected chi connectivity index (χ2v) is 6.07. The summed E-state index contributed by atoms with van der Waals surface area (Å²) in [6, 6.07) is 6.99. The number of fused-ring (bicyclic) bond motifs is 3. The van der Waals surface area contributed by atoms with Crippen molar-refractivity contribution >= 4 is 12.4 Å². The van der Waals surface area contributed by atoms with Crippen molar-refractivity contribution in [2.24, 2.45) is 5.41 Å². The highest BCUT2D eigenvalue weighted by molar-refractivity contribution is 5.85. The van der Waals surface area contributed by atoms with Crippen LogP contribution in [0.15, 0.2) is 18.2 Å². The Balaban J connectivity index is 0.00000120. The second kappa shape index (κ2) is 5.22. The maximum absolute atomic E-state index is 3.60. The van der Waals surface area contributed by atoms with E-state index in [4.69, 9.17) is 0 Å². The normalized spacial score (nSPS) is 29.3. The van der Waals surface area contributed by atoms with Crippen LogP contribution in [0.4, 0.5) is 0 Å². The third-order valence-electron chi connectivity index (χ3n) is 4.87. The van der Waals surface area contributed by atoms with Crippen LogP contribution in [-0.4, -0.2) is 13.1 Å². The van der Waals surface area contributed by atoms with Gasteiger partial charge >= 0.3 is 0 Å². The topological polar surface area (TPSA) is 12.0 Å². The van der Waals surface area contributed by atoms with Crippen molar-refractivity contribution in [2.75, 3.05) is 13.1 Å². The molecule has 0 aromatic heterocycles. The molecular formula is C16H24ClN. The smallest absolute Gasteiger partial charge is 0.00323 e. The van der Waals surface area contributed by atoms with E-state index in [0.29, 0.717) is 5.41 Å². The van der Waals surface area contributed by atoms with Gasteiger partial charge in [0.25, 0.3) is 0 Å². The van der Waals surface area contributed by atoms with Crippen molar-refractivity contribution in [3.63, 3.8) is 0 Å². The molecule has 1 nitrogen and oxygen atoms in total. The highest BCUT2D eigenvalue weighted by atomic mass is 35.5. The molecule has 0 saturated carbocycles. The number of nitrogens with one attached hydrogen (secondary N) is 1.